The van der Waals surface area contributed by atoms with E-state index in [0.29, 0.717) is 12.3 Å². The molecule has 0 aliphatic carbocycles. The molecule has 90 valence electrons. The van der Waals surface area contributed by atoms with Crippen LogP contribution in [0.2, 0.25) is 0 Å². The van der Waals surface area contributed by atoms with Crippen LogP contribution in [0.25, 0.3) is 5.52 Å². The first kappa shape index (κ1) is 10.6. The minimum atomic E-state index is -0.239. The maximum Gasteiger partial charge on any atom is 0.287 e. The van der Waals surface area contributed by atoms with Crippen LogP contribution in [0.1, 0.15) is 16.2 Å². The van der Waals surface area contributed by atoms with Gasteiger partial charge in [0, 0.05) is 6.20 Å². The van der Waals surface area contributed by atoms with E-state index in [1.807, 2.05) is 30.5 Å². The third-order valence-corrected chi connectivity index (χ3v) is 2.60. The van der Waals surface area contributed by atoms with Crippen molar-refractivity contribution < 1.29 is 9.21 Å². The highest BCUT2D eigenvalue weighted by atomic mass is 16.3. The van der Waals surface area contributed by atoms with Crippen molar-refractivity contribution in [1.82, 2.24) is 14.9 Å². The first-order chi connectivity index (χ1) is 8.83. The number of nitrogens with zero attached hydrogens (tertiary/aromatic N) is 2. The molecule has 0 atom stereocenters. The molecule has 3 heterocycles. The van der Waals surface area contributed by atoms with Gasteiger partial charge in [0.05, 0.1) is 24.0 Å². The molecule has 1 amide bonds. The molecule has 0 aromatic carbocycles. The van der Waals surface area contributed by atoms with Crippen LogP contribution in [0.4, 0.5) is 0 Å². The summed E-state index contributed by atoms with van der Waals surface area (Å²) < 4.78 is 6.78. The maximum absolute atomic E-state index is 11.7. The quantitative estimate of drug-likeness (QED) is 0.761. The molecule has 0 saturated carbocycles. The molecular weight excluding hydrogens is 230 g/mol. The molecular formula is C13H11N3O2. The second-order valence-electron chi connectivity index (χ2n) is 3.87. The van der Waals surface area contributed by atoms with Crippen LogP contribution in [0.3, 0.4) is 0 Å². The molecule has 0 radical (unpaired) electrons. The predicted molar refractivity (Wildman–Crippen MR) is 65.1 cm³/mol. The zero-order valence-electron chi connectivity index (χ0n) is 9.54. The number of fused-ring (bicyclic) bond motifs is 1. The summed E-state index contributed by atoms with van der Waals surface area (Å²) in [4.78, 5) is 11.7. The molecule has 3 aromatic rings. The predicted octanol–water partition coefficient (Wildman–Crippen LogP) is 1.86. The van der Waals surface area contributed by atoms with E-state index < -0.39 is 0 Å². The summed E-state index contributed by atoms with van der Waals surface area (Å²) in [5.41, 5.74) is 1.81. The Morgan fingerprint density at radius 2 is 2.28 bits per heavy atom. The summed E-state index contributed by atoms with van der Waals surface area (Å²) in [7, 11) is 0. The van der Waals surface area contributed by atoms with Crippen molar-refractivity contribution in [3.8, 4) is 0 Å². The first-order valence-electron chi connectivity index (χ1n) is 5.58. The normalized spacial score (nSPS) is 10.7. The van der Waals surface area contributed by atoms with E-state index in [-0.39, 0.29) is 5.91 Å². The van der Waals surface area contributed by atoms with E-state index in [2.05, 4.69) is 10.4 Å². The molecule has 0 saturated heterocycles. The van der Waals surface area contributed by atoms with Gasteiger partial charge < -0.3 is 9.73 Å². The second kappa shape index (κ2) is 4.37. The van der Waals surface area contributed by atoms with E-state index >= 15 is 0 Å². The maximum atomic E-state index is 11.7. The van der Waals surface area contributed by atoms with Gasteiger partial charge in [-0.05, 0) is 30.3 Å². The second-order valence-corrected chi connectivity index (χ2v) is 3.87. The van der Waals surface area contributed by atoms with Gasteiger partial charge in [-0.15, -0.1) is 0 Å². The van der Waals surface area contributed by atoms with Crippen LogP contribution >= 0.6 is 0 Å². The lowest BCUT2D eigenvalue weighted by Gasteiger charge is -1.99. The van der Waals surface area contributed by atoms with E-state index in [1.54, 1.807) is 16.6 Å². The van der Waals surface area contributed by atoms with Crippen LogP contribution in [0.15, 0.2) is 53.3 Å². The smallest absolute Gasteiger partial charge is 0.287 e. The van der Waals surface area contributed by atoms with Crippen LogP contribution in [-0.4, -0.2) is 15.5 Å². The third-order valence-electron chi connectivity index (χ3n) is 2.60. The largest absolute Gasteiger partial charge is 0.459 e. The number of nitrogens with one attached hydrogen (secondary N) is 1. The number of hydrogen-bond acceptors (Lipinski definition) is 3. The Hall–Kier alpha value is -2.56. The van der Waals surface area contributed by atoms with Gasteiger partial charge in [0.1, 0.15) is 0 Å². The Morgan fingerprint density at radius 3 is 3.06 bits per heavy atom. The molecule has 1 N–H and O–H groups in total. The number of hydrogen-bond donors (Lipinski definition) is 1. The highest BCUT2D eigenvalue weighted by Crippen LogP contribution is 2.06. The zero-order chi connectivity index (χ0) is 12.4. The Bertz CT molecular complexity index is 637. The summed E-state index contributed by atoms with van der Waals surface area (Å²) in [6, 6.07) is 11.1. The number of rotatable bonds is 3. The molecule has 5 nitrogen and oxygen atoms in total. The molecule has 0 unspecified atom stereocenters. The molecule has 5 heteroatoms. The average molecular weight is 241 g/mol. The zero-order valence-corrected chi connectivity index (χ0v) is 9.54. The molecule has 0 bridgehead atoms. The van der Waals surface area contributed by atoms with E-state index in [1.165, 1.54) is 6.26 Å². The van der Waals surface area contributed by atoms with Crippen LogP contribution < -0.4 is 5.32 Å². The summed E-state index contributed by atoms with van der Waals surface area (Å²) in [6.45, 7) is 0.376. The Balaban J connectivity index is 1.71. The number of carbonyl (C=O) groups is 1. The summed E-state index contributed by atoms with van der Waals surface area (Å²) in [5, 5.41) is 7.09. The topological polar surface area (TPSA) is 59.5 Å². The first-order valence-corrected chi connectivity index (χ1v) is 5.58. The van der Waals surface area contributed by atoms with Crippen molar-refractivity contribution in [2.45, 2.75) is 6.54 Å². The van der Waals surface area contributed by atoms with Gasteiger partial charge in [-0.25, -0.2) is 4.52 Å². The monoisotopic (exact) mass is 241 g/mol. The van der Waals surface area contributed by atoms with Crippen LogP contribution in [0.5, 0.6) is 0 Å². The van der Waals surface area contributed by atoms with Crippen molar-refractivity contribution in [2.24, 2.45) is 0 Å². The van der Waals surface area contributed by atoms with Crippen molar-refractivity contribution >= 4 is 11.4 Å². The van der Waals surface area contributed by atoms with Crippen LogP contribution in [-0.2, 0) is 6.54 Å². The summed E-state index contributed by atoms with van der Waals surface area (Å²) in [6.07, 6.45) is 3.34. The Morgan fingerprint density at radius 1 is 1.33 bits per heavy atom. The van der Waals surface area contributed by atoms with Gasteiger partial charge in [-0.2, -0.15) is 5.10 Å². The lowest BCUT2D eigenvalue weighted by Crippen LogP contribution is -2.22. The molecule has 0 spiro atoms. The van der Waals surface area contributed by atoms with Gasteiger partial charge in [-0.1, -0.05) is 6.07 Å². The highest BCUT2D eigenvalue weighted by Gasteiger charge is 2.08. The standard InChI is InChI=1S/C13H11N3O2/c17-13(12-5-3-7-18-12)14-9-10-8-11-4-1-2-6-16(11)15-10/h1-8H,9H2,(H,14,17). The molecule has 0 aliphatic heterocycles. The number of pyridine rings is 1. The van der Waals surface area contributed by atoms with Crippen molar-refractivity contribution in [2.75, 3.05) is 0 Å². The third kappa shape index (κ3) is 1.98. The minimum Gasteiger partial charge on any atom is -0.459 e. The minimum absolute atomic E-state index is 0.239. The molecule has 0 aliphatic rings. The van der Waals surface area contributed by atoms with E-state index in [9.17, 15) is 4.79 Å². The fourth-order valence-corrected chi connectivity index (χ4v) is 1.74. The number of amides is 1. The van der Waals surface area contributed by atoms with Gasteiger partial charge in [0.25, 0.3) is 5.91 Å². The average Bonchev–Trinajstić information content (AvgIpc) is 3.04. The van der Waals surface area contributed by atoms with E-state index in [4.69, 9.17) is 4.42 Å². The SMILES string of the molecule is O=C(NCc1cc2ccccn2n1)c1ccco1. The summed E-state index contributed by atoms with van der Waals surface area (Å²) in [5.74, 6) is 0.0656. The molecule has 18 heavy (non-hydrogen) atoms. The number of carbonyl (C=O) groups excluding carboxylic acids is 1. The van der Waals surface area contributed by atoms with Gasteiger partial charge in [0.2, 0.25) is 0 Å². The van der Waals surface area contributed by atoms with Crippen molar-refractivity contribution in [3.05, 3.63) is 60.3 Å². The number of furan rings is 1. The molecule has 3 rings (SSSR count). The lowest BCUT2D eigenvalue weighted by atomic mass is 10.3. The highest BCUT2D eigenvalue weighted by molar-refractivity contribution is 5.91. The lowest BCUT2D eigenvalue weighted by molar-refractivity contribution is 0.0922. The molecule has 0 fully saturated rings. The van der Waals surface area contributed by atoms with Gasteiger partial charge in [0.15, 0.2) is 5.76 Å². The number of aromatic nitrogens is 2. The van der Waals surface area contributed by atoms with E-state index in [0.717, 1.165) is 11.2 Å². The van der Waals surface area contributed by atoms with Crippen molar-refractivity contribution in [3.63, 3.8) is 0 Å². The Kier molecular flexibility index (Phi) is 2.57. The fraction of sp³-hybridized carbons (Fsp3) is 0.0769. The van der Waals surface area contributed by atoms with Gasteiger partial charge >= 0.3 is 0 Å². The molecule has 3 aromatic heterocycles. The fourth-order valence-electron chi connectivity index (χ4n) is 1.74. The van der Waals surface area contributed by atoms with Gasteiger partial charge in [-0.3, -0.25) is 4.79 Å². The van der Waals surface area contributed by atoms with Crippen molar-refractivity contribution in [1.29, 1.82) is 0 Å². The van der Waals surface area contributed by atoms with Crippen LogP contribution in [0, 0.1) is 0 Å². The summed E-state index contributed by atoms with van der Waals surface area (Å²) >= 11 is 0. The Labute approximate surface area is 103 Å².